The molecule has 0 radical (unpaired) electrons. The zero-order chi connectivity index (χ0) is 15.5. The van der Waals surface area contributed by atoms with Crippen LogP contribution in [0.1, 0.15) is 35.9 Å². The van der Waals surface area contributed by atoms with E-state index in [2.05, 4.69) is 5.32 Å². The number of nitrogens with two attached hydrogens (primary N) is 1. The molecule has 1 aliphatic rings. The Hall–Kier alpha value is -2.20. The third kappa shape index (κ3) is 3.52. The van der Waals surface area contributed by atoms with Gasteiger partial charge >= 0.3 is 0 Å². The number of hydrogen-bond acceptors (Lipinski definition) is 2. The van der Waals surface area contributed by atoms with Crippen LogP contribution >= 0.6 is 0 Å². The van der Waals surface area contributed by atoms with Crippen LogP contribution in [0.5, 0.6) is 0 Å². The van der Waals surface area contributed by atoms with E-state index in [0.717, 1.165) is 17.5 Å². The highest BCUT2D eigenvalue weighted by Crippen LogP contribution is 2.41. The van der Waals surface area contributed by atoms with Gasteiger partial charge in [-0.05, 0) is 29.7 Å². The molecule has 0 aliphatic heterocycles. The predicted molar refractivity (Wildman–Crippen MR) is 83.7 cm³/mol. The second kappa shape index (κ2) is 6.28. The summed E-state index contributed by atoms with van der Waals surface area (Å²) in [6.45, 7) is 0. The Kier molecular flexibility index (Phi) is 4.20. The van der Waals surface area contributed by atoms with E-state index in [0.29, 0.717) is 0 Å². The molecule has 3 N–H and O–H groups in total. The van der Waals surface area contributed by atoms with E-state index in [1.165, 1.54) is 12.1 Å². The summed E-state index contributed by atoms with van der Waals surface area (Å²) < 4.78 is 13.2. The summed E-state index contributed by atoms with van der Waals surface area (Å²) in [6.07, 6.45) is 1.12. The van der Waals surface area contributed by atoms with Crippen LogP contribution in [0.2, 0.25) is 0 Å². The average molecular weight is 298 g/mol. The van der Waals surface area contributed by atoms with Crippen LogP contribution in [0.25, 0.3) is 0 Å². The lowest BCUT2D eigenvalue weighted by Gasteiger charge is -2.12. The molecule has 3 atom stereocenters. The highest BCUT2D eigenvalue weighted by molar-refractivity contribution is 5.77. The maximum atomic E-state index is 13.2. The Labute approximate surface area is 129 Å². The van der Waals surface area contributed by atoms with Crippen molar-refractivity contribution in [3.05, 3.63) is 71.5 Å². The fourth-order valence-electron chi connectivity index (χ4n) is 2.74. The number of carbonyl (C=O) groups is 1. The molecule has 1 amide bonds. The number of nitrogens with one attached hydrogen (secondary N) is 1. The van der Waals surface area contributed by atoms with Crippen LogP contribution in [0.3, 0.4) is 0 Å². The average Bonchev–Trinajstić information content (AvgIpc) is 3.27. The first-order chi connectivity index (χ1) is 10.6. The molecule has 3 unspecified atom stereocenters. The minimum atomic E-state index is -0.299. The van der Waals surface area contributed by atoms with Crippen molar-refractivity contribution in [2.24, 2.45) is 5.73 Å². The highest BCUT2D eigenvalue weighted by atomic mass is 19.1. The van der Waals surface area contributed by atoms with E-state index in [9.17, 15) is 9.18 Å². The van der Waals surface area contributed by atoms with Gasteiger partial charge in [0.15, 0.2) is 0 Å². The van der Waals surface area contributed by atoms with E-state index in [1.54, 1.807) is 6.07 Å². The maximum absolute atomic E-state index is 13.2. The standard InChI is InChI=1S/C18H19FN2O/c19-14-8-4-7-13(9-14)15-10-17(15)21-18(22)11-16(20)12-5-2-1-3-6-12/h1-9,15-17H,10-11,20H2,(H,21,22). The number of hydrogen-bond donors (Lipinski definition) is 2. The SMILES string of the molecule is NC(CC(=O)NC1CC1c1cccc(F)c1)c1ccccc1. The Balaban J connectivity index is 1.51. The molecule has 1 aliphatic carbocycles. The van der Waals surface area contributed by atoms with Crippen LogP contribution in [-0.2, 0) is 4.79 Å². The van der Waals surface area contributed by atoms with Gasteiger partial charge in [0.25, 0.3) is 0 Å². The number of benzene rings is 2. The molecule has 0 heterocycles. The summed E-state index contributed by atoms with van der Waals surface area (Å²) >= 11 is 0. The molecule has 3 rings (SSSR count). The summed E-state index contributed by atoms with van der Waals surface area (Å²) in [5.74, 6) is -0.0755. The third-order valence-corrected chi connectivity index (χ3v) is 4.05. The van der Waals surface area contributed by atoms with Crippen molar-refractivity contribution >= 4 is 5.91 Å². The molecule has 1 fully saturated rings. The van der Waals surface area contributed by atoms with Crippen LogP contribution in [0.15, 0.2) is 54.6 Å². The normalized spacial score (nSPS) is 21.2. The first kappa shape index (κ1) is 14.7. The van der Waals surface area contributed by atoms with Gasteiger partial charge in [-0.1, -0.05) is 42.5 Å². The first-order valence-electron chi connectivity index (χ1n) is 7.49. The second-order valence-corrected chi connectivity index (χ2v) is 5.79. The van der Waals surface area contributed by atoms with Gasteiger partial charge in [-0.25, -0.2) is 4.39 Å². The molecular weight excluding hydrogens is 279 g/mol. The molecular formula is C18H19FN2O. The lowest BCUT2D eigenvalue weighted by molar-refractivity contribution is -0.121. The third-order valence-electron chi connectivity index (χ3n) is 4.05. The van der Waals surface area contributed by atoms with Crippen molar-refractivity contribution in [1.82, 2.24) is 5.32 Å². The maximum Gasteiger partial charge on any atom is 0.222 e. The van der Waals surface area contributed by atoms with Crippen molar-refractivity contribution in [3.63, 3.8) is 0 Å². The van der Waals surface area contributed by atoms with Crippen molar-refractivity contribution in [2.75, 3.05) is 0 Å². The fourth-order valence-corrected chi connectivity index (χ4v) is 2.74. The lowest BCUT2D eigenvalue weighted by Crippen LogP contribution is -2.29. The molecule has 22 heavy (non-hydrogen) atoms. The monoisotopic (exact) mass is 298 g/mol. The highest BCUT2D eigenvalue weighted by Gasteiger charge is 2.39. The second-order valence-electron chi connectivity index (χ2n) is 5.79. The minimum Gasteiger partial charge on any atom is -0.353 e. The van der Waals surface area contributed by atoms with E-state index < -0.39 is 0 Å². The van der Waals surface area contributed by atoms with Gasteiger partial charge in [0.2, 0.25) is 5.91 Å². The van der Waals surface area contributed by atoms with Crippen LogP contribution in [0, 0.1) is 5.82 Å². The molecule has 2 aromatic carbocycles. The zero-order valence-electron chi connectivity index (χ0n) is 12.2. The molecule has 0 aromatic heterocycles. The Morgan fingerprint density at radius 3 is 2.73 bits per heavy atom. The molecule has 0 saturated heterocycles. The number of halogens is 1. The minimum absolute atomic E-state index is 0.0553. The Morgan fingerprint density at radius 1 is 1.23 bits per heavy atom. The summed E-state index contributed by atoms with van der Waals surface area (Å²) in [4.78, 5) is 12.1. The van der Waals surface area contributed by atoms with Gasteiger partial charge < -0.3 is 11.1 Å². The van der Waals surface area contributed by atoms with Crippen LogP contribution in [-0.4, -0.2) is 11.9 Å². The van der Waals surface area contributed by atoms with Gasteiger partial charge in [0.05, 0.1) is 0 Å². The summed E-state index contributed by atoms with van der Waals surface area (Å²) in [5, 5.41) is 2.98. The number of carbonyl (C=O) groups excluding carboxylic acids is 1. The molecule has 2 aromatic rings. The first-order valence-corrected chi connectivity index (χ1v) is 7.49. The van der Waals surface area contributed by atoms with Crippen LogP contribution in [0.4, 0.5) is 4.39 Å². The fraction of sp³-hybridized carbons (Fsp3) is 0.278. The lowest BCUT2D eigenvalue weighted by atomic mass is 10.0. The van der Waals surface area contributed by atoms with Gasteiger partial charge in [-0.15, -0.1) is 0 Å². The molecule has 4 heteroatoms. The topological polar surface area (TPSA) is 55.1 Å². The number of amides is 1. The summed E-state index contributed by atoms with van der Waals surface area (Å²) in [5.41, 5.74) is 7.94. The van der Waals surface area contributed by atoms with Crippen molar-refractivity contribution < 1.29 is 9.18 Å². The van der Waals surface area contributed by atoms with Crippen LogP contribution < -0.4 is 11.1 Å². The molecule has 0 bridgehead atoms. The van der Waals surface area contributed by atoms with Gasteiger partial charge in [0, 0.05) is 24.4 Å². The molecule has 114 valence electrons. The van der Waals surface area contributed by atoms with Crippen molar-refractivity contribution in [1.29, 1.82) is 0 Å². The largest absolute Gasteiger partial charge is 0.353 e. The molecule has 1 saturated carbocycles. The van der Waals surface area contributed by atoms with Crippen molar-refractivity contribution in [2.45, 2.75) is 30.8 Å². The Bertz CT molecular complexity index is 659. The van der Waals surface area contributed by atoms with E-state index >= 15 is 0 Å². The summed E-state index contributed by atoms with van der Waals surface area (Å²) in [6, 6.07) is 15.9. The van der Waals surface area contributed by atoms with Gasteiger partial charge in [0.1, 0.15) is 5.82 Å². The Morgan fingerprint density at radius 2 is 2.00 bits per heavy atom. The van der Waals surface area contributed by atoms with E-state index in [1.807, 2.05) is 36.4 Å². The van der Waals surface area contributed by atoms with E-state index in [-0.39, 0.29) is 36.1 Å². The smallest absolute Gasteiger partial charge is 0.222 e. The van der Waals surface area contributed by atoms with Crippen molar-refractivity contribution in [3.8, 4) is 0 Å². The molecule has 0 spiro atoms. The summed E-state index contributed by atoms with van der Waals surface area (Å²) in [7, 11) is 0. The van der Waals surface area contributed by atoms with Gasteiger partial charge in [-0.2, -0.15) is 0 Å². The number of rotatable bonds is 5. The van der Waals surface area contributed by atoms with Gasteiger partial charge in [-0.3, -0.25) is 4.79 Å². The quantitative estimate of drug-likeness (QED) is 0.892. The molecule has 3 nitrogen and oxygen atoms in total. The predicted octanol–water partition coefficient (Wildman–Crippen LogP) is 2.89. The van der Waals surface area contributed by atoms with E-state index in [4.69, 9.17) is 5.73 Å². The zero-order valence-corrected chi connectivity index (χ0v) is 12.2.